The van der Waals surface area contributed by atoms with E-state index in [0.717, 1.165) is 13.1 Å². The average Bonchev–Trinajstić information content (AvgIpc) is 2.47. The molecule has 1 heteroatoms. The second-order valence-electron chi connectivity index (χ2n) is 4.88. The Bertz CT molecular complexity index is 499. The quantitative estimate of drug-likeness (QED) is 0.803. The van der Waals surface area contributed by atoms with Gasteiger partial charge >= 0.3 is 0 Å². The summed E-state index contributed by atoms with van der Waals surface area (Å²) in [6, 6.07) is 17.6. The Morgan fingerprint density at radius 2 is 1.63 bits per heavy atom. The Labute approximate surface area is 116 Å². The fourth-order valence-electron chi connectivity index (χ4n) is 2.36. The van der Waals surface area contributed by atoms with Crippen molar-refractivity contribution in [2.24, 2.45) is 0 Å². The molecular weight excluding hydrogens is 230 g/mol. The Morgan fingerprint density at radius 1 is 0.895 bits per heavy atom. The number of benzene rings is 2. The molecule has 0 aromatic heterocycles. The highest BCUT2D eigenvalue weighted by Crippen LogP contribution is 2.24. The van der Waals surface area contributed by atoms with Gasteiger partial charge in [-0.1, -0.05) is 68.8 Å². The molecule has 19 heavy (non-hydrogen) atoms. The molecule has 1 nitrogen and oxygen atoms in total. The molecule has 0 aliphatic carbocycles. The minimum Gasteiger partial charge on any atom is -0.313 e. The molecular formula is C18H23N. The molecule has 2 aromatic carbocycles. The first-order valence-corrected chi connectivity index (χ1v) is 7.23. The second kappa shape index (κ2) is 7.10. The summed E-state index contributed by atoms with van der Waals surface area (Å²) in [6.07, 6.45) is 2.37. The van der Waals surface area contributed by atoms with Crippen molar-refractivity contribution in [2.75, 3.05) is 6.54 Å². The maximum absolute atomic E-state index is 3.41. The van der Waals surface area contributed by atoms with Crippen LogP contribution in [0.5, 0.6) is 0 Å². The van der Waals surface area contributed by atoms with Gasteiger partial charge in [-0.3, -0.25) is 0 Å². The molecule has 100 valence electrons. The van der Waals surface area contributed by atoms with Gasteiger partial charge in [-0.15, -0.1) is 0 Å². The van der Waals surface area contributed by atoms with E-state index in [0.29, 0.717) is 0 Å². The zero-order valence-electron chi connectivity index (χ0n) is 11.9. The maximum atomic E-state index is 3.41. The van der Waals surface area contributed by atoms with Crippen molar-refractivity contribution in [1.82, 2.24) is 5.32 Å². The van der Waals surface area contributed by atoms with Gasteiger partial charge in [0, 0.05) is 6.54 Å². The largest absolute Gasteiger partial charge is 0.313 e. The van der Waals surface area contributed by atoms with Crippen molar-refractivity contribution >= 4 is 0 Å². The highest BCUT2D eigenvalue weighted by atomic mass is 14.8. The van der Waals surface area contributed by atoms with E-state index in [1.807, 2.05) is 0 Å². The second-order valence-corrected chi connectivity index (χ2v) is 4.88. The summed E-state index contributed by atoms with van der Waals surface area (Å²) in [5, 5.41) is 3.41. The van der Waals surface area contributed by atoms with E-state index < -0.39 is 0 Å². The van der Waals surface area contributed by atoms with Crippen molar-refractivity contribution in [3.8, 4) is 11.1 Å². The third-order valence-corrected chi connectivity index (χ3v) is 3.39. The predicted octanol–water partition coefficient (Wildman–Crippen LogP) is 4.42. The lowest BCUT2D eigenvalue weighted by Crippen LogP contribution is -2.12. The lowest BCUT2D eigenvalue weighted by Gasteiger charge is -2.10. The Balaban J connectivity index is 2.25. The molecule has 0 aliphatic rings. The lowest BCUT2D eigenvalue weighted by molar-refractivity contribution is 0.728. The molecule has 0 bridgehead atoms. The molecule has 0 aliphatic heterocycles. The average molecular weight is 253 g/mol. The number of hydrogen-bond acceptors (Lipinski definition) is 1. The Kier molecular flexibility index (Phi) is 5.17. The van der Waals surface area contributed by atoms with Crippen LogP contribution in [0.3, 0.4) is 0 Å². The van der Waals surface area contributed by atoms with Crippen LogP contribution in [0.2, 0.25) is 0 Å². The van der Waals surface area contributed by atoms with Gasteiger partial charge in [-0.05, 0) is 35.2 Å². The Morgan fingerprint density at radius 3 is 2.32 bits per heavy atom. The van der Waals surface area contributed by atoms with E-state index in [-0.39, 0.29) is 0 Å². The van der Waals surface area contributed by atoms with Crippen molar-refractivity contribution < 1.29 is 0 Å². The number of rotatable bonds is 6. The minimum atomic E-state index is 0.934. The molecule has 0 atom stereocenters. The first kappa shape index (κ1) is 13.8. The van der Waals surface area contributed by atoms with Crippen LogP contribution in [0, 0.1) is 0 Å². The van der Waals surface area contributed by atoms with Crippen LogP contribution in [0.15, 0.2) is 48.5 Å². The maximum Gasteiger partial charge on any atom is 0.0211 e. The zero-order valence-corrected chi connectivity index (χ0v) is 11.9. The van der Waals surface area contributed by atoms with Crippen molar-refractivity contribution in [2.45, 2.75) is 33.2 Å². The fourth-order valence-corrected chi connectivity index (χ4v) is 2.36. The smallest absolute Gasteiger partial charge is 0.0211 e. The van der Waals surface area contributed by atoms with Crippen LogP contribution < -0.4 is 5.32 Å². The van der Waals surface area contributed by atoms with Gasteiger partial charge in [0.05, 0.1) is 0 Å². The molecule has 0 unspecified atom stereocenters. The van der Waals surface area contributed by atoms with Gasteiger partial charge in [0.2, 0.25) is 0 Å². The summed E-state index contributed by atoms with van der Waals surface area (Å²) in [5.41, 5.74) is 5.45. The van der Waals surface area contributed by atoms with Gasteiger partial charge in [0.1, 0.15) is 0 Å². The third kappa shape index (κ3) is 3.68. The highest BCUT2D eigenvalue weighted by Gasteiger charge is 2.03. The number of aryl methyl sites for hydroxylation is 1. The molecule has 0 saturated heterocycles. The van der Waals surface area contributed by atoms with Crippen LogP contribution in [0.4, 0.5) is 0 Å². The monoisotopic (exact) mass is 253 g/mol. The molecule has 1 N–H and O–H groups in total. The Hall–Kier alpha value is -1.60. The van der Waals surface area contributed by atoms with Gasteiger partial charge in [-0.2, -0.15) is 0 Å². The molecule has 2 rings (SSSR count). The van der Waals surface area contributed by atoms with E-state index in [9.17, 15) is 0 Å². The van der Waals surface area contributed by atoms with Crippen molar-refractivity contribution in [3.63, 3.8) is 0 Å². The molecule has 0 radical (unpaired) electrons. The molecule has 0 amide bonds. The van der Waals surface area contributed by atoms with E-state index >= 15 is 0 Å². The lowest BCUT2D eigenvalue weighted by atomic mass is 9.98. The van der Waals surface area contributed by atoms with E-state index in [4.69, 9.17) is 0 Å². The van der Waals surface area contributed by atoms with E-state index in [1.165, 1.54) is 35.1 Å². The van der Waals surface area contributed by atoms with Crippen LogP contribution in [-0.4, -0.2) is 6.54 Å². The molecule has 0 heterocycles. The number of nitrogens with one attached hydrogen (secondary N) is 1. The summed E-state index contributed by atoms with van der Waals surface area (Å²) in [4.78, 5) is 0. The van der Waals surface area contributed by atoms with Crippen molar-refractivity contribution in [3.05, 3.63) is 59.7 Å². The summed E-state index contributed by atoms with van der Waals surface area (Å²) in [7, 11) is 0. The van der Waals surface area contributed by atoms with Crippen LogP contribution in [-0.2, 0) is 13.0 Å². The normalized spacial score (nSPS) is 10.6. The SMILES string of the molecule is CCCc1ccc(-c2ccccc2CNCC)cc1. The summed E-state index contributed by atoms with van der Waals surface area (Å²) in [5.74, 6) is 0. The standard InChI is InChI=1S/C18H23N/c1-3-7-15-10-12-16(13-11-15)18-9-6-5-8-17(18)14-19-4-2/h5-6,8-13,19H,3-4,7,14H2,1-2H3. The van der Waals surface area contributed by atoms with Gasteiger partial charge < -0.3 is 5.32 Å². The number of hydrogen-bond donors (Lipinski definition) is 1. The fraction of sp³-hybridized carbons (Fsp3) is 0.333. The van der Waals surface area contributed by atoms with Gasteiger partial charge in [0.25, 0.3) is 0 Å². The first-order chi connectivity index (χ1) is 9.35. The van der Waals surface area contributed by atoms with Crippen LogP contribution in [0.25, 0.3) is 11.1 Å². The highest BCUT2D eigenvalue weighted by molar-refractivity contribution is 5.67. The van der Waals surface area contributed by atoms with Crippen molar-refractivity contribution in [1.29, 1.82) is 0 Å². The minimum absolute atomic E-state index is 0.934. The van der Waals surface area contributed by atoms with Crippen LogP contribution >= 0.6 is 0 Å². The molecule has 0 spiro atoms. The predicted molar refractivity (Wildman–Crippen MR) is 83.3 cm³/mol. The van der Waals surface area contributed by atoms with Crippen LogP contribution in [0.1, 0.15) is 31.4 Å². The molecule has 2 aromatic rings. The zero-order chi connectivity index (χ0) is 13.5. The summed E-state index contributed by atoms with van der Waals surface area (Å²) < 4.78 is 0. The summed E-state index contributed by atoms with van der Waals surface area (Å²) in [6.45, 7) is 6.30. The topological polar surface area (TPSA) is 12.0 Å². The van der Waals surface area contributed by atoms with Gasteiger partial charge in [0.15, 0.2) is 0 Å². The van der Waals surface area contributed by atoms with E-state index in [1.54, 1.807) is 0 Å². The first-order valence-electron chi connectivity index (χ1n) is 7.23. The summed E-state index contributed by atoms with van der Waals surface area (Å²) >= 11 is 0. The molecule has 0 fully saturated rings. The van der Waals surface area contributed by atoms with E-state index in [2.05, 4.69) is 67.7 Å². The third-order valence-electron chi connectivity index (χ3n) is 3.39. The van der Waals surface area contributed by atoms with Gasteiger partial charge in [-0.25, -0.2) is 0 Å². The molecule has 0 saturated carbocycles.